The van der Waals surface area contributed by atoms with Crippen molar-refractivity contribution >= 4 is 25.1 Å². The molecule has 7 nitrogen and oxygen atoms in total. The molecule has 0 fully saturated rings. The molecule has 0 radical (unpaired) electrons. The van der Waals surface area contributed by atoms with Gasteiger partial charge in [0.05, 0.1) is 12.2 Å². The zero-order chi connectivity index (χ0) is 18.6. The monoisotopic (exact) mass is 396 g/mol. The maximum atomic E-state index is 5.83. The molecule has 0 unspecified atom stereocenters. The average Bonchev–Trinajstić information content (AvgIpc) is 2.72. The molecular weight excluding hydrogens is 372 g/mol. The number of hydrogen-bond donors (Lipinski definition) is 2. The molecule has 28 heavy (non-hydrogen) atoms. The van der Waals surface area contributed by atoms with Crippen molar-refractivity contribution in [2.45, 2.75) is 19.8 Å². The number of anilines is 2. The molecule has 4 rings (SSSR count). The minimum atomic E-state index is 0. The fourth-order valence-corrected chi connectivity index (χ4v) is 3.05. The standard InChI is InChI=1S/C20H22N6O.H2S/c1-13(16-5-6-21-20-19(16)27-8-7-22-20)10-24-18-9-17(25-12-26-18)15-4-3-14(2)23-11-15;/h3-6,9,11-13H,7-8,10H2,1-2H3,(H,21,22)(H,24,25,26);1H2/t13-;/m1./s1. The molecule has 0 amide bonds. The van der Waals surface area contributed by atoms with Crippen LogP contribution in [0.25, 0.3) is 11.3 Å². The molecule has 0 saturated carbocycles. The van der Waals surface area contributed by atoms with Crippen LogP contribution in [0.4, 0.5) is 11.6 Å². The maximum absolute atomic E-state index is 5.83. The van der Waals surface area contributed by atoms with Crippen molar-refractivity contribution in [3.63, 3.8) is 0 Å². The third kappa shape index (κ3) is 4.33. The first-order valence-electron chi connectivity index (χ1n) is 9.05. The number of ether oxygens (including phenoxy) is 1. The molecule has 0 aromatic carbocycles. The van der Waals surface area contributed by atoms with E-state index in [9.17, 15) is 0 Å². The molecule has 1 aliphatic rings. The third-order valence-corrected chi connectivity index (χ3v) is 4.57. The molecule has 0 bridgehead atoms. The van der Waals surface area contributed by atoms with Crippen molar-refractivity contribution < 1.29 is 4.74 Å². The van der Waals surface area contributed by atoms with Crippen LogP contribution in [0.5, 0.6) is 5.75 Å². The number of nitrogens with zero attached hydrogens (tertiary/aromatic N) is 4. The normalized spacial score (nSPS) is 13.4. The van der Waals surface area contributed by atoms with E-state index in [0.29, 0.717) is 6.61 Å². The van der Waals surface area contributed by atoms with Crippen molar-refractivity contribution in [2.24, 2.45) is 0 Å². The SMILES string of the molecule is Cc1ccc(-c2cc(NC[C@@H](C)c3ccnc4c3OCCN4)ncn2)cn1.S. The van der Waals surface area contributed by atoms with Gasteiger partial charge in [-0.2, -0.15) is 13.5 Å². The molecule has 0 saturated heterocycles. The van der Waals surface area contributed by atoms with E-state index in [4.69, 9.17) is 4.74 Å². The average molecular weight is 397 g/mol. The summed E-state index contributed by atoms with van der Waals surface area (Å²) < 4.78 is 5.83. The Labute approximate surface area is 171 Å². The van der Waals surface area contributed by atoms with Crippen LogP contribution in [0.2, 0.25) is 0 Å². The van der Waals surface area contributed by atoms with Crippen LogP contribution in [0, 0.1) is 6.92 Å². The van der Waals surface area contributed by atoms with Crippen molar-refractivity contribution in [1.82, 2.24) is 19.9 Å². The molecular formula is C20H24N6OS. The van der Waals surface area contributed by atoms with Crippen LogP contribution >= 0.6 is 13.5 Å². The van der Waals surface area contributed by atoms with Gasteiger partial charge >= 0.3 is 0 Å². The number of pyridine rings is 2. The molecule has 2 N–H and O–H groups in total. The lowest BCUT2D eigenvalue weighted by molar-refractivity contribution is 0.316. The van der Waals surface area contributed by atoms with E-state index < -0.39 is 0 Å². The van der Waals surface area contributed by atoms with E-state index in [2.05, 4.69) is 37.5 Å². The second kappa shape index (κ2) is 8.88. The summed E-state index contributed by atoms with van der Waals surface area (Å²) in [5.41, 5.74) is 3.94. The predicted octanol–water partition coefficient (Wildman–Crippen LogP) is 3.37. The van der Waals surface area contributed by atoms with Gasteiger partial charge in [0, 0.05) is 47.7 Å². The zero-order valence-corrected chi connectivity index (χ0v) is 16.9. The Morgan fingerprint density at radius 1 is 1.18 bits per heavy atom. The van der Waals surface area contributed by atoms with Gasteiger partial charge in [-0.3, -0.25) is 4.98 Å². The minimum Gasteiger partial charge on any atom is -0.488 e. The molecule has 4 heterocycles. The van der Waals surface area contributed by atoms with Crippen LogP contribution in [-0.2, 0) is 0 Å². The third-order valence-electron chi connectivity index (χ3n) is 4.57. The molecule has 146 valence electrons. The van der Waals surface area contributed by atoms with Crippen LogP contribution in [0.15, 0.2) is 43.0 Å². The van der Waals surface area contributed by atoms with E-state index in [-0.39, 0.29) is 19.4 Å². The topological polar surface area (TPSA) is 84.9 Å². The van der Waals surface area contributed by atoms with Crippen molar-refractivity contribution in [3.05, 3.63) is 54.2 Å². The van der Waals surface area contributed by atoms with E-state index in [1.165, 1.54) is 0 Å². The lowest BCUT2D eigenvalue weighted by Crippen LogP contribution is -2.21. The highest BCUT2D eigenvalue weighted by atomic mass is 32.1. The molecule has 0 spiro atoms. The largest absolute Gasteiger partial charge is 0.488 e. The quantitative estimate of drug-likeness (QED) is 0.684. The number of nitrogens with one attached hydrogen (secondary N) is 2. The second-order valence-electron chi connectivity index (χ2n) is 6.61. The molecule has 3 aromatic heterocycles. The molecule has 1 aliphatic heterocycles. The zero-order valence-electron chi connectivity index (χ0n) is 15.9. The highest BCUT2D eigenvalue weighted by Crippen LogP contribution is 2.34. The summed E-state index contributed by atoms with van der Waals surface area (Å²) in [4.78, 5) is 17.4. The Morgan fingerprint density at radius 3 is 2.89 bits per heavy atom. The highest BCUT2D eigenvalue weighted by Gasteiger charge is 2.19. The molecule has 1 atom stereocenters. The molecule has 3 aromatic rings. The Bertz CT molecular complexity index is 934. The minimum absolute atomic E-state index is 0. The van der Waals surface area contributed by atoms with Crippen LogP contribution in [0.3, 0.4) is 0 Å². The highest BCUT2D eigenvalue weighted by molar-refractivity contribution is 7.59. The summed E-state index contributed by atoms with van der Waals surface area (Å²) in [5, 5.41) is 6.68. The van der Waals surface area contributed by atoms with Crippen molar-refractivity contribution in [1.29, 1.82) is 0 Å². The van der Waals surface area contributed by atoms with E-state index in [0.717, 1.165) is 53.0 Å². The van der Waals surface area contributed by atoms with Gasteiger partial charge in [-0.05, 0) is 25.1 Å². The Kier molecular flexibility index (Phi) is 6.30. The van der Waals surface area contributed by atoms with Gasteiger partial charge in [0.25, 0.3) is 0 Å². The first kappa shape index (κ1) is 19.9. The summed E-state index contributed by atoms with van der Waals surface area (Å²) in [6.07, 6.45) is 5.22. The maximum Gasteiger partial charge on any atom is 0.169 e. The van der Waals surface area contributed by atoms with Gasteiger partial charge in [0.1, 0.15) is 18.8 Å². The number of aromatic nitrogens is 4. The number of aryl methyl sites for hydroxylation is 1. The second-order valence-corrected chi connectivity index (χ2v) is 6.61. The fourth-order valence-electron chi connectivity index (χ4n) is 3.05. The Hall–Kier alpha value is -2.87. The summed E-state index contributed by atoms with van der Waals surface area (Å²) in [5.74, 6) is 2.70. The smallest absolute Gasteiger partial charge is 0.169 e. The predicted molar refractivity (Wildman–Crippen MR) is 116 cm³/mol. The van der Waals surface area contributed by atoms with Crippen molar-refractivity contribution in [3.8, 4) is 17.0 Å². The summed E-state index contributed by atoms with van der Waals surface area (Å²) in [6.45, 7) is 6.30. The number of hydrogen-bond acceptors (Lipinski definition) is 7. The lowest BCUT2D eigenvalue weighted by Gasteiger charge is -2.23. The molecule has 0 aliphatic carbocycles. The van der Waals surface area contributed by atoms with Gasteiger partial charge in [-0.15, -0.1) is 0 Å². The number of fused-ring (bicyclic) bond motifs is 1. The van der Waals surface area contributed by atoms with E-state index in [1.54, 1.807) is 6.33 Å². The van der Waals surface area contributed by atoms with Crippen LogP contribution in [-0.4, -0.2) is 39.6 Å². The lowest BCUT2D eigenvalue weighted by atomic mass is 10.0. The first-order chi connectivity index (χ1) is 13.2. The van der Waals surface area contributed by atoms with Gasteiger partial charge in [0.15, 0.2) is 11.6 Å². The van der Waals surface area contributed by atoms with Gasteiger partial charge in [0.2, 0.25) is 0 Å². The van der Waals surface area contributed by atoms with Crippen molar-refractivity contribution in [2.75, 3.05) is 30.3 Å². The van der Waals surface area contributed by atoms with E-state index in [1.807, 2.05) is 43.6 Å². The first-order valence-corrected chi connectivity index (χ1v) is 9.05. The summed E-state index contributed by atoms with van der Waals surface area (Å²) in [6, 6.07) is 7.96. The van der Waals surface area contributed by atoms with Gasteiger partial charge in [-0.1, -0.05) is 6.92 Å². The van der Waals surface area contributed by atoms with Gasteiger partial charge < -0.3 is 15.4 Å². The Morgan fingerprint density at radius 2 is 2.07 bits per heavy atom. The van der Waals surface area contributed by atoms with Crippen LogP contribution in [0.1, 0.15) is 24.1 Å². The Balaban J connectivity index is 0.00000225. The summed E-state index contributed by atoms with van der Waals surface area (Å²) >= 11 is 0. The van der Waals surface area contributed by atoms with Crippen LogP contribution < -0.4 is 15.4 Å². The summed E-state index contributed by atoms with van der Waals surface area (Å²) in [7, 11) is 0. The van der Waals surface area contributed by atoms with E-state index >= 15 is 0 Å². The number of rotatable bonds is 5. The fraction of sp³-hybridized carbons (Fsp3) is 0.300. The molecule has 8 heteroatoms. The van der Waals surface area contributed by atoms with Gasteiger partial charge in [-0.25, -0.2) is 15.0 Å².